The van der Waals surface area contributed by atoms with Crippen molar-refractivity contribution in [2.75, 3.05) is 13.2 Å². The summed E-state index contributed by atoms with van der Waals surface area (Å²) in [7, 11) is 0. The van der Waals surface area contributed by atoms with Gasteiger partial charge >= 0.3 is 5.97 Å². The molecule has 0 amide bonds. The van der Waals surface area contributed by atoms with E-state index < -0.39 is 24.3 Å². The first-order chi connectivity index (χ1) is 23.3. The molecule has 1 aliphatic rings. The molecule has 8 nitrogen and oxygen atoms in total. The molecule has 0 bridgehead atoms. The molecule has 0 aromatic heterocycles. The zero-order chi connectivity index (χ0) is 35.0. The van der Waals surface area contributed by atoms with E-state index in [2.05, 4.69) is 18.7 Å². The summed E-state index contributed by atoms with van der Waals surface area (Å²) in [6.07, 6.45) is -0.361. The zero-order valence-electron chi connectivity index (χ0n) is 26.5. The van der Waals surface area contributed by atoms with Crippen molar-refractivity contribution in [3.8, 4) is 0 Å². The van der Waals surface area contributed by atoms with Crippen LogP contribution in [0.4, 0.5) is 0 Å². The average Bonchev–Trinajstić information content (AvgIpc) is 4.03. The van der Waals surface area contributed by atoms with E-state index >= 15 is 0 Å². The van der Waals surface area contributed by atoms with Crippen LogP contribution in [-0.4, -0.2) is 51.0 Å². The highest BCUT2D eigenvalue weighted by Gasteiger charge is 2.23. The number of epoxide rings is 1. The van der Waals surface area contributed by atoms with Crippen LogP contribution >= 0.6 is 0 Å². The van der Waals surface area contributed by atoms with Gasteiger partial charge in [-0.1, -0.05) is 164 Å². The molecule has 1 aliphatic heterocycles. The number of aliphatic carboxylic acids is 1. The van der Waals surface area contributed by atoms with Gasteiger partial charge < -0.3 is 35.1 Å². The third-order valence-corrected chi connectivity index (χ3v) is 6.52. The minimum atomic E-state index is -1.41. The monoisotopic (exact) mass is 650 g/mol. The Kier molecular flexibility index (Phi) is 18.8. The molecule has 0 spiro atoms. The molecule has 48 heavy (non-hydrogen) atoms. The molecule has 1 fully saturated rings. The Balaban J connectivity index is 0.000000209. The predicted molar refractivity (Wildman–Crippen MR) is 187 cm³/mol. The Morgan fingerprint density at radius 1 is 0.688 bits per heavy atom. The largest absolute Gasteiger partial charge is 0.479 e. The number of carboxylic acid groups (broad SMARTS) is 1. The maximum Gasteiger partial charge on any atom is 0.337 e. The summed E-state index contributed by atoms with van der Waals surface area (Å²) in [4.78, 5) is 20.3. The van der Waals surface area contributed by atoms with E-state index in [1.807, 2.05) is 78.9 Å². The molecule has 0 aliphatic carbocycles. The Labute approximate surface area is 281 Å². The zero-order valence-corrected chi connectivity index (χ0v) is 26.5. The Morgan fingerprint density at radius 2 is 1.08 bits per heavy atom. The van der Waals surface area contributed by atoms with Gasteiger partial charge in [-0.25, -0.2) is 4.79 Å². The summed E-state index contributed by atoms with van der Waals surface area (Å²) in [5.74, 6) is -1.23. The molecule has 250 valence electrons. The van der Waals surface area contributed by atoms with Crippen molar-refractivity contribution in [1.82, 2.24) is 0 Å². The van der Waals surface area contributed by atoms with Crippen molar-refractivity contribution in [1.29, 1.82) is 0 Å². The van der Waals surface area contributed by atoms with Crippen molar-refractivity contribution in [3.63, 3.8) is 0 Å². The summed E-state index contributed by atoms with van der Waals surface area (Å²) < 4.78 is 5.09. The van der Waals surface area contributed by atoms with Crippen LogP contribution in [0.2, 0.25) is 0 Å². The van der Waals surface area contributed by atoms with E-state index in [1.165, 1.54) is 11.1 Å². The fraction of sp³-hybridized carbons (Fsp3) is 0.150. The van der Waals surface area contributed by atoms with Crippen LogP contribution in [0.25, 0.3) is 6.08 Å². The standard InChI is InChI=1S/C8H8O3.C8H10O2.C8H8O2.C8H8O.C8H8/c9-7(8(10)11)6-4-2-1-3-5-6;2*9-6-8(10)7-4-2-1-3-5-7;1-2-4-7(5-3-1)8-6-9-8;1-2-8-6-4-3-5-7-8/h1-5,7,9H,(H,10,11);1-5,8-10H,6H2;1-6,8,10H;1-5,8H,6H2;2-7H,1H2/t7-;3*8-;/m0111./s1. The summed E-state index contributed by atoms with van der Waals surface area (Å²) >= 11 is 0. The first-order valence-corrected chi connectivity index (χ1v) is 15.1. The second-order valence-electron chi connectivity index (χ2n) is 10.1. The lowest BCUT2D eigenvalue weighted by atomic mass is 10.1. The number of aldehydes is 1. The maximum atomic E-state index is 10.2. The molecule has 6 rings (SSSR count). The quantitative estimate of drug-likeness (QED) is 0.0942. The van der Waals surface area contributed by atoms with Crippen molar-refractivity contribution in [3.05, 3.63) is 186 Å². The van der Waals surface area contributed by atoms with Crippen LogP contribution < -0.4 is 0 Å². The SMILES string of the molecule is C=Cc1ccccc1.O=C(O)[C@@H](O)c1ccccc1.O=C[C@@H](O)c1ccccc1.OC[C@@H](O)c1ccccc1.c1ccc([C@H]2CO2)cc1. The van der Waals surface area contributed by atoms with Crippen molar-refractivity contribution >= 4 is 18.3 Å². The van der Waals surface area contributed by atoms with Gasteiger partial charge in [-0.3, -0.25) is 0 Å². The van der Waals surface area contributed by atoms with Crippen LogP contribution in [0.15, 0.2) is 158 Å². The Bertz CT molecular complexity index is 1550. The third-order valence-electron chi connectivity index (χ3n) is 6.52. The van der Waals surface area contributed by atoms with Gasteiger partial charge in [-0.15, -0.1) is 0 Å². The smallest absolute Gasteiger partial charge is 0.337 e. The predicted octanol–water partition coefficient (Wildman–Crippen LogP) is 6.52. The first kappa shape index (κ1) is 39.0. The average molecular weight is 651 g/mol. The highest BCUT2D eigenvalue weighted by molar-refractivity contribution is 5.73. The molecule has 5 aromatic rings. The van der Waals surface area contributed by atoms with Crippen LogP contribution in [0.3, 0.4) is 0 Å². The van der Waals surface area contributed by atoms with Crippen LogP contribution in [0.1, 0.15) is 52.2 Å². The van der Waals surface area contributed by atoms with Gasteiger partial charge in [0.15, 0.2) is 12.4 Å². The Hall–Kier alpha value is -5.22. The number of carbonyl (C=O) groups is 2. The van der Waals surface area contributed by atoms with Crippen LogP contribution in [0, 0.1) is 0 Å². The number of rotatable bonds is 8. The molecule has 1 saturated heterocycles. The second kappa shape index (κ2) is 23.2. The number of carbonyl (C=O) groups excluding carboxylic acids is 1. The molecule has 5 N–H and O–H groups in total. The third kappa shape index (κ3) is 15.9. The van der Waals surface area contributed by atoms with Gasteiger partial charge in [0.05, 0.1) is 13.2 Å². The van der Waals surface area contributed by atoms with Gasteiger partial charge in [0.25, 0.3) is 0 Å². The molecular weight excluding hydrogens is 608 g/mol. The molecule has 5 aromatic carbocycles. The number of aliphatic hydroxyl groups is 4. The van der Waals surface area contributed by atoms with Crippen molar-refractivity contribution in [2.24, 2.45) is 0 Å². The van der Waals surface area contributed by atoms with E-state index in [1.54, 1.807) is 66.7 Å². The lowest BCUT2D eigenvalue weighted by Crippen LogP contribution is -2.09. The molecule has 0 saturated carbocycles. The van der Waals surface area contributed by atoms with Crippen molar-refractivity contribution in [2.45, 2.75) is 24.4 Å². The van der Waals surface area contributed by atoms with Gasteiger partial charge in [0.2, 0.25) is 0 Å². The minimum absolute atomic E-state index is 0.218. The van der Waals surface area contributed by atoms with E-state index in [4.69, 9.17) is 30.3 Å². The van der Waals surface area contributed by atoms with Crippen molar-refractivity contribution < 1.29 is 39.9 Å². The highest BCUT2D eigenvalue weighted by Crippen LogP contribution is 2.28. The minimum Gasteiger partial charge on any atom is -0.479 e. The summed E-state index contributed by atoms with van der Waals surface area (Å²) in [5.41, 5.74) is 4.27. The topological polar surface area (TPSA) is 148 Å². The van der Waals surface area contributed by atoms with Crippen LogP contribution in [-0.2, 0) is 14.3 Å². The second-order valence-corrected chi connectivity index (χ2v) is 10.1. The summed E-state index contributed by atoms with van der Waals surface area (Å²) in [5, 5.41) is 44.0. The highest BCUT2D eigenvalue weighted by atomic mass is 16.6. The number of hydrogen-bond donors (Lipinski definition) is 5. The molecule has 4 atom stereocenters. The van der Waals surface area contributed by atoms with Gasteiger partial charge in [0.1, 0.15) is 18.3 Å². The van der Waals surface area contributed by atoms with Gasteiger partial charge in [-0.2, -0.15) is 0 Å². The van der Waals surface area contributed by atoms with E-state index in [0.29, 0.717) is 23.5 Å². The lowest BCUT2D eigenvalue weighted by Gasteiger charge is -2.05. The number of aliphatic hydroxyl groups excluding tert-OH is 4. The van der Waals surface area contributed by atoms with E-state index in [-0.39, 0.29) is 6.61 Å². The van der Waals surface area contributed by atoms with E-state index in [9.17, 15) is 9.59 Å². The molecule has 1 heterocycles. The summed E-state index contributed by atoms with van der Waals surface area (Å²) in [6.45, 7) is 4.32. The molecule has 0 radical (unpaired) electrons. The fourth-order valence-electron chi connectivity index (χ4n) is 3.78. The number of hydrogen-bond acceptors (Lipinski definition) is 7. The lowest BCUT2D eigenvalue weighted by molar-refractivity contribution is -0.146. The first-order valence-electron chi connectivity index (χ1n) is 15.1. The number of carboxylic acids is 1. The molecular formula is C40H42O8. The number of ether oxygens (including phenoxy) is 1. The van der Waals surface area contributed by atoms with Gasteiger partial charge in [0, 0.05) is 0 Å². The van der Waals surface area contributed by atoms with Crippen LogP contribution in [0.5, 0.6) is 0 Å². The molecule has 8 heteroatoms. The summed E-state index contributed by atoms with van der Waals surface area (Å²) in [6, 6.07) is 46.5. The normalized spacial score (nSPS) is 14.0. The van der Waals surface area contributed by atoms with Gasteiger partial charge in [-0.05, 0) is 27.8 Å². The Morgan fingerprint density at radius 3 is 1.44 bits per heavy atom. The van der Waals surface area contributed by atoms with E-state index in [0.717, 1.165) is 12.2 Å². The maximum absolute atomic E-state index is 10.2. The fourth-order valence-corrected chi connectivity index (χ4v) is 3.78. The number of benzene rings is 5. The molecule has 0 unspecified atom stereocenters.